The van der Waals surface area contributed by atoms with Crippen LogP contribution >= 0.6 is 0 Å². The smallest absolute Gasteiger partial charge is 0.416 e. The van der Waals surface area contributed by atoms with E-state index in [0.717, 1.165) is 29.0 Å². The number of hydrogen-bond acceptors (Lipinski definition) is 5. The molecule has 0 aliphatic heterocycles. The molecular weight excluding hydrogens is 485 g/mol. The summed E-state index contributed by atoms with van der Waals surface area (Å²) in [5, 5.41) is 0.618. The van der Waals surface area contributed by atoms with Crippen LogP contribution in [-0.2, 0) is 18.0 Å². The third kappa shape index (κ3) is 4.44. The molecule has 0 bridgehead atoms. The Morgan fingerprint density at radius 3 is 2.54 bits per heavy atom. The summed E-state index contributed by atoms with van der Waals surface area (Å²) in [5.74, 6) is 0.617. The predicted octanol–water partition coefficient (Wildman–Crippen LogP) is 5.29. The topological polar surface area (TPSA) is 71.2 Å². The highest BCUT2D eigenvalue weighted by Crippen LogP contribution is 2.33. The fraction of sp³-hybridized carbons (Fsp3) is 0.222. The Balaban J connectivity index is 1.72. The number of hydrogen-bond donors (Lipinski definition) is 0. The zero-order chi connectivity index (χ0) is 26.3. The summed E-state index contributed by atoms with van der Waals surface area (Å²) in [6, 6.07) is 12.2. The lowest BCUT2D eigenvalue weighted by molar-refractivity contribution is -0.137. The molecule has 10 heteroatoms. The number of ether oxygens (including phenoxy) is 2. The first-order valence-electron chi connectivity index (χ1n) is 11.5. The molecule has 0 atom stereocenters. The van der Waals surface area contributed by atoms with Gasteiger partial charge in [-0.3, -0.25) is 19.1 Å². The molecule has 0 N–H and O–H groups in total. The average Bonchev–Trinajstić information content (AvgIpc) is 3.14. The van der Waals surface area contributed by atoms with Gasteiger partial charge in [0.25, 0.3) is 0 Å². The first-order chi connectivity index (χ1) is 17.7. The number of alkyl halides is 3. The van der Waals surface area contributed by atoms with Crippen LogP contribution in [0.15, 0.2) is 65.7 Å². The number of fused-ring (bicyclic) bond motifs is 3. The van der Waals surface area contributed by atoms with E-state index in [1.165, 1.54) is 21.3 Å². The molecular formula is C27H23F3N4O3. The van der Waals surface area contributed by atoms with Gasteiger partial charge in [-0.25, -0.2) is 4.79 Å². The molecule has 190 valence electrons. The normalized spacial score (nSPS) is 11.9. The lowest BCUT2D eigenvalue weighted by Crippen LogP contribution is -2.21. The van der Waals surface area contributed by atoms with E-state index in [9.17, 15) is 18.0 Å². The summed E-state index contributed by atoms with van der Waals surface area (Å²) < 4.78 is 53.8. The van der Waals surface area contributed by atoms with E-state index >= 15 is 0 Å². The first kappa shape index (κ1) is 24.5. The van der Waals surface area contributed by atoms with Crippen LogP contribution in [0, 0.1) is 6.92 Å². The number of pyridine rings is 2. The number of nitrogens with zero attached hydrogens (tertiary/aromatic N) is 4. The molecule has 0 saturated carbocycles. The van der Waals surface area contributed by atoms with E-state index in [4.69, 9.17) is 9.47 Å². The van der Waals surface area contributed by atoms with Crippen LogP contribution in [0.3, 0.4) is 0 Å². The van der Waals surface area contributed by atoms with Crippen molar-refractivity contribution < 1.29 is 22.6 Å². The highest BCUT2D eigenvalue weighted by Gasteiger charge is 2.31. The number of halogens is 3. The Bertz CT molecular complexity index is 1690. The second-order valence-electron chi connectivity index (χ2n) is 8.60. The molecule has 37 heavy (non-hydrogen) atoms. The highest BCUT2D eigenvalue weighted by atomic mass is 19.4. The number of aromatic nitrogens is 4. The number of aryl methyl sites for hydroxylation is 2. The van der Waals surface area contributed by atoms with Gasteiger partial charge in [0.05, 0.1) is 46.3 Å². The molecule has 5 rings (SSSR count). The summed E-state index contributed by atoms with van der Waals surface area (Å²) in [5.41, 5.74) is 2.67. The summed E-state index contributed by atoms with van der Waals surface area (Å²) in [4.78, 5) is 22.2. The Morgan fingerprint density at radius 1 is 0.973 bits per heavy atom. The molecule has 3 heterocycles. The highest BCUT2D eigenvalue weighted by molar-refractivity contribution is 6.04. The maximum Gasteiger partial charge on any atom is 0.416 e. The Morgan fingerprint density at radius 2 is 1.78 bits per heavy atom. The van der Waals surface area contributed by atoms with Crippen LogP contribution in [0.5, 0.6) is 5.75 Å². The van der Waals surface area contributed by atoms with Crippen molar-refractivity contribution in [2.45, 2.75) is 13.1 Å². The van der Waals surface area contributed by atoms with E-state index in [2.05, 4.69) is 9.97 Å². The molecule has 5 aromatic rings. The number of methoxy groups -OCH3 is 1. The molecule has 0 unspecified atom stereocenters. The monoisotopic (exact) mass is 508 g/mol. The van der Waals surface area contributed by atoms with Gasteiger partial charge in [0.1, 0.15) is 12.4 Å². The van der Waals surface area contributed by atoms with Gasteiger partial charge in [-0.2, -0.15) is 13.2 Å². The number of benzene rings is 2. The van der Waals surface area contributed by atoms with Crippen LogP contribution in [-0.4, -0.2) is 39.4 Å². The maximum absolute atomic E-state index is 13.4. The molecule has 0 fully saturated rings. The lowest BCUT2D eigenvalue weighted by atomic mass is 10.0. The Hall–Kier alpha value is -4.18. The van der Waals surface area contributed by atoms with Gasteiger partial charge in [-0.1, -0.05) is 12.1 Å². The Kier molecular flexibility index (Phi) is 6.20. The fourth-order valence-corrected chi connectivity index (χ4v) is 4.29. The standard InChI is InChI=1S/C27H23F3N4O3/c1-16-24(37-10-9-36-3)12-18(14-31-16)17-7-8-22-21(11-17)25-23(15-32-22)33(2)26(35)34(25)20-6-4-5-19(13-20)27(28,29)30/h4-8,11-15H,9-10H2,1-3H3. The molecule has 0 saturated heterocycles. The molecule has 0 aliphatic carbocycles. The van der Waals surface area contributed by atoms with Gasteiger partial charge in [-0.15, -0.1) is 0 Å². The van der Waals surface area contributed by atoms with Gasteiger partial charge in [-0.05, 0) is 48.9 Å². The van der Waals surface area contributed by atoms with Gasteiger partial charge >= 0.3 is 11.9 Å². The van der Waals surface area contributed by atoms with Crippen molar-refractivity contribution in [3.63, 3.8) is 0 Å². The van der Waals surface area contributed by atoms with Crippen molar-refractivity contribution in [2.24, 2.45) is 7.05 Å². The van der Waals surface area contributed by atoms with Gasteiger partial charge in [0.15, 0.2) is 0 Å². The largest absolute Gasteiger partial charge is 0.489 e. The minimum absolute atomic E-state index is 0.120. The van der Waals surface area contributed by atoms with Crippen molar-refractivity contribution >= 4 is 21.9 Å². The third-order valence-corrected chi connectivity index (χ3v) is 6.23. The zero-order valence-electron chi connectivity index (χ0n) is 20.3. The molecule has 0 aliphatic rings. The van der Waals surface area contributed by atoms with Crippen molar-refractivity contribution in [3.05, 3.63) is 82.7 Å². The van der Waals surface area contributed by atoms with Crippen molar-refractivity contribution in [1.29, 1.82) is 0 Å². The van der Waals surface area contributed by atoms with Gasteiger partial charge in [0, 0.05) is 31.3 Å². The zero-order valence-corrected chi connectivity index (χ0v) is 20.3. The minimum Gasteiger partial charge on any atom is -0.489 e. The molecule has 3 aromatic heterocycles. The van der Waals surface area contributed by atoms with Crippen LogP contribution in [0.2, 0.25) is 0 Å². The fourth-order valence-electron chi connectivity index (χ4n) is 4.29. The van der Waals surface area contributed by atoms with Gasteiger partial charge < -0.3 is 9.47 Å². The van der Waals surface area contributed by atoms with Crippen molar-refractivity contribution in [1.82, 2.24) is 19.1 Å². The minimum atomic E-state index is -4.54. The van der Waals surface area contributed by atoms with E-state index in [1.807, 2.05) is 31.2 Å². The predicted molar refractivity (Wildman–Crippen MR) is 134 cm³/mol. The van der Waals surface area contributed by atoms with E-state index in [-0.39, 0.29) is 5.69 Å². The molecule has 2 aromatic carbocycles. The molecule has 0 spiro atoms. The third-order valence-electron chi connectivity index (χ3n) is 6.23. The Labute approximate surface area is 209 Å². The summed E-state index contributed by atoms with van der Waals surface area (Å²) in [6.07, 6.45) is -1.27. The van der Waals surface area contributed by atoms with Crippen LogP contribution in [0.4, 0.5) is 13.2 Å². The summed E-state index contributed by atoms with van der Waals surface area (Å²) >= 11 is 0. The first-order valence-corrected chi connectivity index (χ1v) is 11.5. The van der Waals surface area contributed by atoms with E-state index in [1.54, 1.807) is 26.6 Å². The second-order valence-corrected chi connectivity index (χ2v) is 8.60. The van der Waals surface area contributed by atoms with E-state index < -0.39 is 17.4 Å². The molecule has 0 amide bonds. The SMILES string of the molecule is COCCOc1cc(-c2ccc3ncc4c(c3c2)n(-c2cccc(C(F)(F)F)c2)c(=O)n4C)cnc1C. The number of imidazole rings is 1. The van der Waals surface area contributed by atoms with Crippen molar-refractivity contribution in [3.8, 4) is 22.6 Å². The molecule has 7 nitrogen and oxygen atoms in total. The van der Waals surface area contributed by atoms with Crippen molar-refractivity contribution in [2.75, 3.05) is 20.3 Å². The summed E-state index contributed by atoms with van der Waals surface area (Å²) in [7, 11) is 3.16. The van der Waals surface area contributed by atoms with Crippen LogP contribution < -0.4 is 10.4 Å². The maximum atomic E-state index is 13.4. The van der Waals surface area contributed by atoms with Crippen LogP contribution in [0.1, 0.15) is 11.3 Å². The lowest BCUT2D eigenvalue weighted by Gasteiger charge is -2.12. The number of rotatable bonds is 6. The summed E-state index contributed by atoms with van der Waals surface area (Å²) in [6.45, 7) is 2.65. The molecule has 0 radical (unpaired) electrons. The quantitative estimate of drug-likeness (QED) is 0.292. The van der Waals surface area contributed by atoms with E-state index in [0.29, 0.717) is 40.9 Å². The van der Waals surface area contributed by atoms with Crippen LogP contribution in [0.25, 0.3) is 38.8 Å². The second kappa shape index (κ2) is 9.36. The average molecular weight is 509 g/mol. The van der Waals surface area contributed by atoms with Gasteiger partial charge in [0.2, 0.25) is 0 Å².